The Labute approximate surface area is 188 Å². The highest BCUT2D eigenvalue weighted by Crippen LogP contribution is 2.10. The van der Waals surface area contributed by atoms with Gasteiger partial charge in [-0.3, -0.25) is 19.2 Å². The number of nitrogens with one attached hydrogen (secondary N) is 3. The second kappa shape index (κ2) is 13.7. The van der Waals surface area contributed by atoms with Gasteiger partial charge in [0.05, 0.1) is 0 Å². The van der Waals surface area contributed by atoms with Crippen molar-refractivity contribution in [3.05, 3.63) is 35.9 Å². The third-order valence-electron chi connectivity index (χ3n) is 5.04. The van der Waals surface area contributed by atoms with Crippen LogP contribution in [0.5, 0.6) is 0 Å². The molecule has 9 heteroatoms. The third-order valence-corrected chi connectivity index (χ3v) is 5.68. The number of carbonyl (C=O) groups is 4. The van der Waals surface area contributed by atoms with E-state index in [-0.39, 0.29) is 18.2 Å². The lowest BCUT2D eigenvalue weighted by atomic mass is 9.97. The summed E-state index contributed by atoms with van der Waals surface area (Å²) in [5.74, 6) is -1.35. The zero-order chi connectivity index (χ0) is 23.4. The molecule has 1 aromatic carbocycles. The number of thioether (sulfide) groups is 1. The molecule has 1 aromatic rings. The number of nitrogens with two attached hydrogens (primary N) is 1. The van der Waals surface area contributed by atoms with E-state index in [2.05, 4.69) is 16.0 Å². The van der Waals surface area contributed by atoms with Gasteiger partial charge in [0.1, 0.15) is 18.1 Å². The van der Waals surface area contributed by atoms with Crippen molar-refractivity contribution in [2.45, 2.75) is 58.2 Å². The topological polar surface area (TPSA) is 130 Å². The van der Waals surface area contributed by atoms with Crippen molar-refractivity contribution in [3.63, 3.8) is 0 Å². The minimum atomic E-state index is -0.899. The maximum atomic E-state index is 12.9. The third kappa shape index (κ3) is 9.42. The molecule has 1 rings (SSSR count). The molecule has 4 unspecified atom stereocenters. The fraction of sp³-hybridized carbons (Fsp3) is 0.545. The Balaban J connectivity index is 2.94. The van der Waals surface area contributed by atoms with Crippen LogP contribution in [0.15, 0.2) is 30.3 Å². The van der Waals surface area contributed by atoms with Crippen LogP contribution in [0.3, 0.4) is 0 Å². The fourth-order valence-corrected chi connectivity index (χ4v) is 3.50. The van der Waals surface area contributed by atoms with Crippen molar-refractivity contribution in [3.8, 4) is 0 Å². The SMILES string of the molecule is CCC(C)C(NC(C)=O)C(=O)NC(CCSC)C(=O)NC(Cc1ccccc1)C(N)=O. The summed E-state index contributed by atoms with van der Waals surface area (Å²) in [6.45, 7) is 5.13. The van der Waals surface area contributed by atoms with Crippen molar-refractivity contribution in [1.82, 2.24) is 16.0 Å². The van der Waals surface area contributed by atoms with Crippen molar-refractivity contribution >= 4 is 35.4 Å². The lowest BCUT2D eigenvalue weighted by Gasteiger charge is -2.27. The first-order valence-corrected chi connectivity index (χ1v) is 11.8. The highest BCUT2D eigenvalue weighted by molar-refractivity contribution is 7.98. The molecule has 0 heterocycles. The first-order chi connectivity index (χ1) is 14.7. The van der Waals surface area contributed by atoms with Crippen molar-refractivity contribution < 1.29 is 19.2 Å². The number of primary amides is 1. The molecular weight excluding hydrogens is 416 g/mol. The largest absolute Gasteiger partial charge is 0.368 e. The maximum Gasteiger partial charge on any atom is 0.243 e. The molecule has 0 aromatic heterocycles. The molecule has 0 aliphatic heterocycles. The number of hydrogen-bond acceptors (Lipinski definition) is 5. The summed E-state index contributed by atoms with van der Waals surface area (Å²) in [7, 11) is 0. The molecule has 4 atom stereocenters. The monoisotopic (exact) mass is 450 g/mol. The zero-order valence-electron chi connectivity index (χ0n) is 18.6. The van der Waals surface area contributed by atoms with Gasteiger partial charge in [0.15, 0.2) is 0 Å². The molecule has 0 saturated heterocycles. The Bertz CT molecular complexity index is 744. The number of carbonyl (C=O) groups excluding carboxylic acids is 4. The van der Waals surface area contributed by atoms with Crippen LogP contribution in [-0.4, -0.2) is 53.8 Å². The summed E-state index contributed by atoms with van der Waals surface area (Å²) in [5.41, 5.74) is 6.36. The summed E-state index contributed by atoms with van der Waals surface area (Å²) in [5, 5.41) is 8.09. The normalized spacial score (nSPS) is 14.6. The van der Waals surface area contributed by atoms with Gasteiger partial charge in [-0.2, -0.15) is 11.8 Å². The van der Waals surface area contributed by atoms with Crippen LogP contribution in [0.1, 0.15) is 39.2 Å². The van der Waals surface area contributed by atoms with Gasteiger partial charge in [0.25, 0.3) is 0 Å². The quantitative estimate of drug-likeness (QED) is 0.356. The fourth-order valence-electron chi connectivity index (χ4n) is 3.03. The average molecular weight is 451 g/mol. The van der Waals surface area contributed by atoms with Gasteiger partial charge in [-0.15, -0.1) is 0 Å². The van der Waals surface area contributed by atoms with Crippen molar-refractivity contribution in [1.29, 1.82) is 0 Å². The molecule has 0 bridgehead atoms. The Morgan fingerprint density at radius 2 is 1.61 bits per heavy atom. The summed E-state index contributed by atoms with van der Waals surface area (Å²) < 4.78 is 0. The molecule has 0 spiro atoms. The van der Waals surface area contributed by atoms with Gasteiger partial charge in [0.2, 0.25) is 23.6 Å². The van der Waals surface area contributed by atoms with Crippen LogP contribution in [0.25, 0.3) is 0 Å². The Kier molecular flexibility index (Phi) is 11.7. The van der Waals surface area contributed by atoms with Crippen LogP contribution in [0.2, 0.25) is 0 Å². The second-order valence-electron chi connectivity index (χ2n) is 7.56. The predicted molar refractivity (Wildman–Crippen MR) is 123 cm³/mol. The van der Waals surface area contributed by atoms with E-state index in [1.807, 2.05) is 50.4 Å². The maximum absolute atomic E-state index is 12.9. The van der Waals surface area contributed by atoms with E-state index >= 15 is 0 Å². The van der Waals surface area contributed by atoms with Gasteiger partial charge < -0.3 is 21.7 Å². The number of amides is 4. The average Bonchev–Trinajstić information content (AvgIpc) is 2.74. The number of rotatable bonds is 13. The molecule has 8 nitrogen and oxygen atoms in total. The van der Waals surface area contributed by atoms with Gasteiger partial charge in [0, 0.05) is 13.3 Å². The standard InChI is InChI=1S/C22H34N4O4S/c1-5-14(2)19(24-15(3)27)22(30)25-17(11-12-31-4)21(29)26-18(20(23)28)13-16-9-7-6-8-10-16/h6-10,14,17-19H,5,11-13H2,1-4H3,(H2,23,28)(H,24,27)(H,25,30)(H,26,29). The highest BCUT2D eigenvalue weighted by atomic mass is 32.2. The Morgan fingerprint density at radius 3 is 2.13 bits per heavy atom. The van der Waals surface area contributed by atoms with Crippen LogP contribution >= 0.6 is 11.8 Å². The van der Waals surface area contributed by atoms with Crippen LogP contribution in [0.4, 0.5) is 0 Å². The molecule has 31 heavy (non-hydrogen) atoms. The second-order valence-corrected chi connectivity index (χ2v) is 8.55. The molecular formula is C22H34N4O4S. The molecule has 0 fully saturated rings. The van der Waals surface area contributed by atoms with Crippen LogP contribution < -0.4 is 21.7 Å². The van der Waals surface area contributed by atoms with E-state index in [0.29, 0.717) is 18.6 Å². The van der Waals surface area contributed by atoms with Crippen molar-refractivity contribution in [2.75, 3.05) is 12.0 Å². The summed E-state index contributed by atoms with van der Waals surface area (Å²) in [6, 6.07) is 6.74. The molecule has 5 N–H and O–H groups in total. The molecule has 0 saturated carbocycles. The minimum absolute atomic E-state index is 0.107. The summed E-state index contributed by atoms with van der Waals surface area (Å²) in [4.78, 5) is 49.3. The Hall–Kier alpha value is -2.55. The van der Waals surface area contributed by atoms with Crippen molar-refractivity contribution in [2.24, 2.45) is 11.7 Å². The van der Waals surface area contributed by atoms with Crippen LogP contribution in [-0.2, 0) is 25.6 Å². The molecule has 0 aliphatic carbocycles. The number of benzene rings is 1. The van der Waals surface area contributed by atoms with E-state index < -0.39 is 35.8 Å². The zero-order valence-corrected chi connectivity index (χ0v) is 19.5. The van der Waals surface area contributed by atoms with Gasteiger partial charge in [-0.05, 0) is 29.9 Å². The number of hydrogen-bond donors (Lipinski definition) is 4. The Morgan fingerprint density at radius 1 is 1.00 bits per heavy atom. The molecule has 4 amide bonds. The van der Waals surface area contributed by atoms with Gasteiger partial charge in [-0.25, -0.2) is 0 Å². The van der Waals surface area contributed by atoms with E-state index in [1.54, 1.807) is 0 Å². The highest BCUT2D eigenvalue weighted by Gasteiger charge is 2.30. The summed E-state index contributed by atoms with van der Waals surface area (Å²) >= 11 is 1.54. The lowest BCUT2D eigenvalue weighted by molar-refractivity contribution is -0.133. The summed E-state index contributed by atoms with van der Waals surface area (Å²) in [6.07, 6.45) is 3.22. The lowest BCUT2D eigenvalue weighted by Crippen LogP contribution is -2.57. The predicted octanol–water partition coefficient (Wildman–Crippen LogP) is 0.988. The molecule has 172 valence electrons. The van der Waals surface area contributed by atoms with Crippen LogP contribution in [0, 0.1) is 5.92 Å². The molecule has 0 radical (unpaired) electrons. The van der Waals surface area contributed by atoms with E-state index in [9.17, 15) is 19.2 Å². The van der Waals surface area contributed by atoms with Gasteiger partial charge >= 0.3 is 0 Å². The molecule has 0 aliphatic rings. The van der Waals surface area contributed by atoms with E-state index in [0.717, 1.165) is 5.56 Å². The smallest absolute Gasteiger partial charge is 0.243 e. The van der Waals surface area contributed by atoms with E-state index in [1.165, 1.54) is 18.7 Å². The van der Waals surface area contributed by atoms with E-state index in [4.69, 9.17) is 5.73 Å². The minimum Gasteiger partial charge on any atom is -0.368 e. The van der Waals surface area contributed by atoms with Gasteiger partial charge in [-0.1, -0.05) is 50.6 Å². The first-order valence-electron chi connectivity index (χ1n) is 10.4. The first kappa shape index (κ1) is 26.5.